The van der Waals surface area contributed by atoms with Crippen molar-refractivity contribution < 1.29 is 0 Å². The average Bonchev–Trinajstić information content (AvgIpc) is 3.01. The summed E-state index contributed by atoms with van der Waals surface area (Å²) < 4.78 is 2.44. The summed E-state index contributed by atoms with van der Waals surface area (Å²) in [5.74, 6) is 1.16. The van der Waals surface area contributed by atoms with Gasteiger partial charge in [-0.15, -0.1) is 0 Å². The second-order valence-electron chi connectivity index (χ2n) is 7.57. The highest BCUT2D eigenvalue weighted by molar-refractivity contribution is 5.79. The molecule has 2 nitrogen and oxygen atoms in total. The molecule has 1 aromatic heterocycles. The maximum absolute atomic E-state index is 5.03. The number of hydrogen-bond donors (Lipinski definition) is 0. The Morgan fingerprint density at radius 2 is 1.46 bits per heavy atom. The average molecular weight is 338 g/mol. The third-order valence-corrected chi connectivity index (χ3v) is 6.05. The molecule has 2 heteroatoms. The van der Waals surface area contributed by atoms with E-state index >= 15 is 0 Å². The normalized spacial score (nSPS) is 21.4. The molecule has 128 valence electrons. The summed E-state index contributed by atoms with van der Waals surface area (Å²) in [6.07, 6.45) is 0. The summed E-state index contributed by atoms with van der Waals surface area (Å²) in [7, 11) is 0. The number of benzene rings is 3. The standard InChI is InChI=1S/C24H22N2/c1-16-10-9-11-17(2)21(16)22-24(3,18-12-5-4-6-13-18)23-25-19-14-7-8-15-20(19)26(22)23/h4-15,22H,1-3H3/t22-,24-/m0/s1. The van der Waals surface area contributed by atoms with Crippen molar-refractivity contribution in [3.8, 4) is 0 Å². The van der Waals surface area contributed by atoms with Crippen LogP contribution in [-0.2, 0) is 5.41 Å². The lowest BCUT2D eigenvalue weighted by Gasteiger charge is -2.49. The predicted octanol–water partition coefficient (Wildman–Crippen LogP) is 5.56. The Balaban J connectivity index is 1.86. The van der Waals surface area contributed by atoms with Crippen molar-refractivity contribution in [2.75, 3.05) is 0 Å². The Kier molecular flexibility index (Phi) is 3.14. The van der Waals surface area contributed by atoms with E-state index in [4.69, 9.17) is 4.98 Å². The fraction of sp³-hybridized carbons (Fsp3) is 0.208. The van der Waals surface area contributed by atoms with Gasteiger partial charge in [-0.05, 0) is 55.2 Å². The summed E-state index contributed by atoms with van der Waals surface area (Å²) in [5, 5.41) is 0. The smallest absolute Gasteiger partial charge is 0.123 e. The van der Waals surface area contributed by atoms with Gasteiger partial charge < -0.3 is 4.57 Å². The van der Waals surface area contributed by atoms with Gasteiger partial charge in [0.2, 0.25) is 0 Å². The molecule has 2 atom stereocenters. The van der Waals surface area contributed by atoms with Crippen LogP contribution in [0.15, 0.2) is 72.8 Å². The van der Waals surface area contributed by atoms with Crippen LogP contribution in [-0.4, -0.2) is 9.55 Å². The highest BCUT2D eigenvalue weighted by Gasteiger charge is 2.53. The number of imidazole rings is 1. The molecule has 0 bridgehead atoms. The molecule has 0 saturated carbocycles. The van der Waals surface area contributed by atoms with Crippen LogP contribution in [0.5, 0.6) is 0 Å². The molecular formula is C24H22N2. The van der Waals surface area contributed by atoms with Gasteiger partial charge in [0, 0.05) is 0 Å². The second kappa shape index (κ2) is 5.31. The van der Waals surface area contributed by atoms with Gasteiger partial charge in [0.05, 0.1) is 22.5 Å². The molecule has 2 heterocycles. The van der Waals surface area contributed by atoms with Crippen LogP contribution in [0.4, 0.5) is 0 Å². The maximum atomic E-state index is 5.03. The number of aromatic nitrogens is 2. The molecular weight excluding hydrogens is 316 g/mol. The van der Waals surface area contributed by atoms with E-state index in [9.17, 15) is 0 Å². The molecule has 0 aliphatic carbocycles. The first-order valence-corrected chi connectivity index (χ1v) is 9.21. The van der Waals surface area contributed by atoms with E-state index in [1.807, 2.05) is 0 Å². The number of rotatable bonds is 2. The maximum Gasteiger partial charge on any atom is 0.123 e. The van der Waals surface area contributed by atoms with Crippen LogP contribution in [0.25, 0.3) is 11.0 Å². The van der Waals surface area contributed by atoms with Crippen molar-refractivity contribution in [2.45, 2.75) is 32.2 Å². The zero-order chi connectivity index (χ0) is 17.9. The van der Waals surface area contributed by atoms with Crippen molar-refractivity contribution in [3.05, 3.63) is 101 Å². The minimum Gasteiger partial charge on any atom is -0.318 e. The zero-order valence-corrected chi connectivity index (χ0v) is 15.4. The Morgan fingerprint density at radius 3 is 2.19 bits per heavy atom. The van der Waals surface area contributed by atoms with Crippen LogP contribution < -0.4 is 0 Å². The first-order valence-electron chi connectivity index (χ1n) is 9.21. The summed E-state index contributed by atoms with van der Waals surface area (Å²) in [4.78, 5) is 5.03. The third kappa shape index (κ3) is 1.84. The molecule has 4 aromatic rings. The summed E-state index contributed by atoms with van der Waals surface area (Å²) in [5.41, 5.74) is 7.63. The van der Waals surface area contributed by atoms with Crippen molar-refractivity contribution in [3.63, 3.8) is 0 Å². The van der Waals surface area contributed by atoms with E-state index in [1.54, 1.807) is 0 Å². The van der Waals surface area contributed by atoms with Gasteiger partial charge in [-0.1, -0.05) is 60.7 Å². The largest absolute Gasteiger partial charge is 0.318 e. The Hall–Kier alpha value is -2.87. The van der Waals surface area contributed by atoms with Gasteiger partial charge in [-0.3, -0.25) is 0 Å². The lowest BCUT2D eigenvalue weighted by Crippen LogP contribution is -2.49. The van der Waals surface area contributed by atoms with Gasteiger partial charge in [-0.2, -0.15) is 0 Å². The summed E-state index contributed by atoms with van der Waals surface area (Å²) in [6, 6.07) is 26.2. The van der Waals surface area contributed by atoms with Gasteiger partial charge in [0.1, 0.15) is 5.82 Å². The third-order valence-electron chi connectivity index (χ3n) is 6.05. The molecule has 0 N–H and O–H groups in total. The Bertz CT molecular complexity index is 1100. The minimum absolute atomic E-state index is 0.128. The topological polar surface area (TPSA) is 17.8 Å². The predicted molar refractivity (Wildman–Crippen MR) is 107 cm³/mol. The van der Waals surface area contributed by atoms with E-state index < -0.39 is 0 Å². The highest BCUT2D eigenvalue weighted by atomic mass is 15.2. The molecule has 0 saturated heterocycles. The molecule has 0 fully saturated rings. The van der Waals surface area contributed by atoms with Crippen molar-refractivity contribution in [1.29, 1.82) is 0 Å². The number of hydrogen-bond acceptors (Lipinski definition) is 1. The lowest BCUT2D eigenvalue weighted by molar-refractivity contribution is 0.274. The molecule has 1 aliphatic heterocycles. The van der Waals surface area contributed by atoms with Gasteiger partial charge in [0.25, 0.3) is 0 Å². The minimum atomic E-state index is -0.128. The van der Waals surface area contributed by atoms with Crippen LogP contribution in [0.2, 0.25) is 0 Å². The molecule has 3 aromatic carbocycles. The van der Waals surface area contributed by atoms with Crippen molar-refractivity contribution in [1.82, 2.24) is 9.55 Å². The molecule has 5 rings (SSSR count). The quantitative estimate of drug-likeness (QED) is 0.468. The van der Waals surface area contributed by atoms with Crippen LogP contribution in [0.3, 0.4) is 0 Å². The van der Waals surface area contributed by atoms with Crippen LogP contribution in [0.1, 0.15) is 41.0 Å². The molecule has 0 unspecified atom stereocenters. The first-order chi connectivity index (χ1) is 12.6. The SMILES string of the molecule is Cc1cccc(C)c1[C@@H]1n2c(nc3ccccc32)[C@@]1(C)c1ccccc1. The van der Waals surface area contributed by atoms with Crippen molar-refractivity contribution >= 4 is 11.0 Å². The first kappa shape index (κ1) is 15.4. The highest BCUT2D eigenvalue weighted by Crippen LogP contribution is 2.55. The Labute approximate surface area is 154 Å². The van der Waals surface area contributed by atoms with Crippen LogP contribution >= 0.6 is 0 Å². The number of fused-ring (bicyclic) bond motifs is 3. The second-order valence-corrected chi connectivity index (χ2v) is 7.57. The fourth-order valence-electron chi connectivity index (χ4n) is 4.73. The monoisotopic (exact) mass is 338 g/mol. The summed E-state index contributed by atoms with van der Waals surface area (Å²) in [6.45, 7) is 6.80. The number of para-hydroxylation sites is 2. The van der Waals surface area contributed by atoms with E-state index in [1.165, 1.54) is 27.8 Å². The van der Waals surface area contributed by atoms with E-state index in [0.717, 1.165) is 11.3 Å². The van der Waals surface area contributed by atoms with Gasteiger partial charge in [0.15, 0.2) is 0 Å². The summed E-state index contributed by atoms with van der Waals surface area (Å²) >= 11 is 0. The molecule has 1 aliphatic rings. The number of aryl methyl sites for hydroxylation is 2. The Morgan fingerprint density at radius 1 is 0.808 bits per heavy atom. The molecule has 26 heavy (non-hydrogen) atoms. The van der Waals surface area contributed by atoms with Crippen LogP contribution in [0, 0.1) is 13.8 Å². The van der Waals surface area contributed by atoms with Crippen molar-refractivity contribution in [2.24, 2.45) is 0 Å². The fourth-order valence-corrected chi connectivity index (χ4v) is 4.73. The van der Waals surface area contributed by atoms with Gasteiger partial charge in [-0.25, -0.2) is 4.98 Å². The molecule has 0 spiro atoms. The van der Waals surface area contributed by atoms with Gasteiger partial charge >= 0.3 is 0 Å². The zero-order valence-electron chi connectivity index (χ0n) is 15.4. The molecule has 0 radical (unpaired) electrons. The molecule has 0 amide bonds. The lowest BCUT2D eigenvalue weighted by atomic mass is 9.66. The van der Waals surface area contributed by atoms with E-state index in [-0.39, 0.29) is 11.5 Å². The van der Waals surface area contributed by atoms with E-state index in [0.29, 0.717) is 0 Å². The number of nitrogens with zero attached hydrogens (tertiary/aromatic N) is 2. The van der Waals surface area contributed by atoms with E-state index in [2.05, 4.69) is 98.1 Å².